The third kappa shape index (κ3) is 5.47. The Hall–Kier alpha value is -3.01. The number of hydrogen-bond acceptors (Lipinski definition) is 7. The molecule has 0 aromatic carbocycles. The average molecular weight is 549 g/mol. The molecule has 7 rings (SSSR count). The van der Waals surface area contributed by atoms with Gasteiger partial charge in [0.2, 0.25) is 11.8 Å². The van der Waals surface area contributed by atoms with Crippen molar-refractivity contribution in [2.24, 2.45) is 23.7 Å². The standard InChI is InChI=1S/C30H40N6O4/c37-29(21-3-4-25-27(13-21)33-34-32-25)36-16-22-5-9-35(10-6-23(22)17-36)30(38)24-14-26(20-1-2-20)31-28(15-24)40-18-19-7-11-39-12-8-19/h14-15,19-23H,1-13,16-18H2,(H,32,33,34). The van der Waals surface area contributed by atoms with Crippen molar-refractivity contribution < 1.29 is 19.1 Å². The van der Waals surface area contributed by atoms with Crippen LogP contribution in [0.4, 0.5) is 0 Å². The molecule has 0 radical (unpaired) electrons. The lowest BCUT2D eigenvalue weighted by atomic mass is 9.89. The lowest BCUT2D eigenvalue weighted by Crippen LogP contribution is -2.38. The minimum absolute atomic E-state index is 0.00762. The quantitative estimate of drug-likeness (QED) is 0.590. The van der Waals surface area contributed by atoms with Gasteiger partial charge in [0.1, 0.15) is 0 Å². The van der Waals surface area contributed by atoms with Crippen LogP contribution in [0.25, 0.3) is 0 Å². The number of carbonyl (C=O) groups is 2. The highest BCUT2D eigenvalue weighted by molar-refractivity contribution is 5.94. The maximum Gasteiger partial charge on any atom is 0.254 e. The summed E-state index contributed by atoms with van der Waals surface area (Å²) in [7, 11) is 0. The summed E-state index contributed by atoms with van der Waals surface area (Å²) < 4.78 is 11.6. The molecule has 1 N–H and O–H groups in total. The van der Waals surface area contributed by atoms with E-state index >= 15 is 0 Å². The van der Waals surface area contributed by atoms with E-state index < -0.39 is 0 Å². The molecule has 214 valence electrons. The molecule has 1 saturated carbocycles. The second-order valence-corrected chi connectivity index (χ2v) is 12.5. The molecular formula is C30H40N6O4. The number of amides is 2. The number of rotatable bonds is 6. The largest absolute Gasteiger partial charge is 0.477 e. The molecule has 3 aliphatic heterocycles. The van der Waals surface area contributed by atoms with E-state index in [4.69, 9.17) is 14.5 Å². The third-order valence-corrected chi connectivity index (χ3v) is 9.81. The van der Waals surface area contributed by atoms with E-state index in [1.807, 2.05) is 17.0 Å². The van der Waals surface area contributed by atoms with Crippen LogP contribution in [-0.4, -0.2) is 88.0 Å². The molecule has 5 aliphatic rings. The average Bonchev–Trinajstić information content (AvgIpc) is 3.66. The van der Waals surface area contributed by atoms with E-state index in [-0.39, 0.29) is 17.7 Å². The van der Waals surface area contributed by atoms with Crippen LogP contribution in [0.15, 0.2) is 12.1 Å². The summed E-state index contributed by atoms with van der Waals surface area (Å²) in [5, 5.41) is 11.2. The molecule has 4 fully saturated rings. The Labute approximate surface area is 235 Å². The second-order valence-electron chi connectivity index (χ2n) is 12.5. The van der Waals surface area contributed by atoms with Gasteiger partial charge in [0.05, 0.1) is 18.0 Å². The molecular weight excluding hydrogens is 508 g/mol. The predicted octanol–water partition coefficient (Wildman–Crippen LogP) is 3.00. The normalized spacial score (nSPS) is 27.1. The molecule has 2 aromatic heterocycles. The Balaban J connectivity index is 0.969. The van der Waals surface area contributed by atoms with E-state index in [1.54, 1.807) is 0 Å². The van der Waals surface area contributed by atoms with Crippen molar-refractivity contribution in [3.8, 4) is 5.88 Å². The fourth-order valence-electron chi connectivity index (χ4n) is 7.10. The van der Waals surface area contributed by atoms with Gasteiger partial charge in [0.25, 0.3) is 5.91 Å². The topological polar surface area (TPSA) is 114 Å². The van der Waals surface area contributed by atoms with Gasteiger partial charge in [-0.05, 0) is 75.2 Å². The van der Waals surface area contributed by atoms with Gasteiger partial charge in [-0.1, -0.05) is 0 Å². The van der Waals surface area contributed by atoms with Crippen molar-refractivity contribution in [2.75, 3.05) is 46.0 Å². The number of H-pyrrole nitrogens is 1. The number of pyridine rings is 1. The molecule has 0 spiro atoms. The molecule has 0 bridgehead atoms. The maximum atomic E-state index is 13.7. The molecule has 5 heterocycles. The first-order valence-electron chi connectivity index (χ1n) is 15.3. The molecule has 40 heavy (non-hydrogen) atoms. The lowest BCUT2D eigenvalue weighted by Gasteiger charge is -2.26. The zero-order chi connectivity index (χ0) is 27.1. The predicted molar refractivity (Wildman–Crippen MR) is 146 cm³/mol. The number of fused-ring (bicyclic) bond motifs is 2. The van der Waals surface area contributed by atoms with Crippen LogP contribution in [0.2, 0.25) is 0 Å². The van der Waals surface area contributed by atoms with Crippen LogP contribution in [0.1, 0.15) is 78.3 Å². The third-order valence-electron chi connectivity index (χ3n) is 9.81. The summed E-state index contributed by atoms with van der Waals surface area (Å²) in [5.41, 5.74) is 3.66. The van der Waals surface area contributed by atoms with Crippen molar-refractivity contribution in [3.63, 3.8) is 0 Å². The maximum absolute atomic E-state index is 13.7. The number of nitrogens with one attached hydrogen (secondary N) is 1. The number of hydrogen-bond donors (Lipinski definition) is 1. The number of carbonyl (C=O) groups excluding carboxylic acids is 2. The summed E-state index contributed by atoms with van der Waals surface area (Å²) in [6, 6.07) is 3.85. The van der Waals surface area contributed by atoms with Gasteiger partial charge in [-0.15, -0.1) is 0 Å². The zero-order valence-corrected chi connectivity index (χ0v) is 23.2. The molecule has 3 unspecified atom stereocenters. The molecule has 10 heteroatoms. The van der Waals surface area contributed by atoms with E-state index in [2.05, 4.69) is 20.3 Å². The van der Waals surface area contributed by atoms with Crippen LogP contribution in [0, 0.1) is 23.7 Å². The second kappa shape index (κ2) is 11.1. The highest BCUT2D eigenvalue weighted by Crippen LogP contribution is 2.40. The van der Waals surface area contributed by atoms with Crippen LogP contribution in [-0.2, 0) is 22.4 Å². The molecule has 2 aromatic rings. The van der Waals surface area contributed by atoms with E-state index in [1.165, 1.54) is 0 Å². The van der Waals surface area contributed by atoms with Gasteiger partial charge < -0.3 is 19.3 Å². The number of ether oxygens (including phenoxy) is 2. The molecule has 3 atom stereocenters. The fourth-order valence-corrected chi connectivity index (χ4v) is 7.10. The van der Waals surface area contributed by atoms with Crippen molar-refractivity contribution in [3.05, 3.63) is 34.8 Å². The van der Waals surface area contributed by atoms with Crippen molar-refractivity contribution >= 4 is 11.8 Å². The van der Waals surface area contributed by atoms with Gasteiger partial charge in [0.15, 0.2) is 0 Å². The number of aryl methyl sites for hydroxylation is 1. The number of aromatic nitrogens is 4. The first-order valence-corrected chi connectivity index (χ1v) is 15.3. The van der Waals surface area contributed by atoms with Crippen LogP contribution in [0.5, 0.6) is 5.88 Å². The number of likely N-dealkylation sites (tertiary alicyclic amines) is 2. The summed E-state index contributed by atoms with van der Waals surface area (Å²) in [5.74, 6) is 2.77. The SMILES string of the molecule is O=C(c1cc(OCC2CCOCC2)nc(C2CC2)c1)N1CCC2CN(C(=O)C3CCc4n[nH]nc4C3)CC2CC1. The first-order chi connectivity index (χ1) is 19.6. The number of aromatic amines is 1. The zero-order valence-electron chi connectivity index (χ0n) is 23.2. The summed E-state index contributed by atoms with van der Waals surface area (Å²) in [6.45, 7) is 5.28. The fraction of sp³-hybridized carbons (Fsp3) is 0.700. The van der Waals surface area contributed by atoms with Crippen LogP contribution < -0.4 is 4.74 Å². The molecule has 2 amide bonds. The van der Waals surface area contributed by atoms with Crippen LogP contribution in [0.3, 0.4) is 0 Å². The van der Waals surface area contributed by atoms with Crippen molar-refractivity contribution in [2.45, 2.75) is 63.7 Å². The van der Waals surface area contributed by atoms with Crippen molar-refractivity contribution in [1.29, 1.82) is 0 Å². The highest BCUT2D eigenvalue weighted by Gasteiger charge is 2.40. The summed E-state index contributed by atoms with van der Waals surface area (Å²) in [4.78, 5) is 36.0. The van der Waals surface area contributed by atoms with Gasteiger partial charge in [-0.3, -0.25) is 9.59 Å². The minimum Gasteiger partial charge on any atom is -0.477 e. The van der Waals surface area contributed by atoms with Gasteiger partial charge in [-0.25, -0.2) is 4.98 Å². The van der Waals surface area contributed by atoms with E-state index in [9.17, 15) is 9.59 Å². The lowest BCUT2D eigenvalue weighted by molar-refractivity contribution is -0.135. The monoisotopic (exact) mass is 548 g/mol. The Kier molecular flexibility index (Phi) is 7.20. The Bertz CT molecular complexity index is 1220. The van der Waals surface area contributed by atoms with Gasteiger partial charge >= 0.3 is 0 Å². The Morgan fingerprint density at radius 2 is 1.68 bits per heavy atom. The van der Waals surface area contributed by atoms with Gasteiger partial charge in [-0.2, -0.15) is 15.4 Å². The summed E-state index contributed by atoms with van der Waals surface area (Å²) in [6.07, 6.45) is 8.51. The number of nitrogens with zero attached hydrogens (tertiary/aromatic N) is 5. The summed E-state index contributed by atoms with van der Waals surface area (Å²) >= 11 is 0. The van der Waals surface area contributed by atoms with E-state index in [0.29, 0.717) is 48.1 Å². The van der Waals surface area contributed by atoms with Crippen LogP contribution >= 0.6 is 0 Å². The Morgan fingerprint density at radius 1 is 0.925 bits per heavy atom. The molecule has 3 saturated heterocycles. The highest BCUT2D eigenvalue weighted by atomic mass is 16.5. The first kappa shape index (κ1) is 25.9. The van der Waals surface area contributed by atoms with Gasteiger partial charge in [0, 0.05) is 75.0 Å². The van der Waals surface area contributed by atoms with E-state index in [0.717, 1.165) is 108 Å². The van der Waals surface area contributed by atoms with Crippen molar-refractivity contribution in [1.82, 2.24) is 30.2 Å². The smallest absolute Gasteiger partial charge is 0.254 e. The Morgan fingerprint density at radius 3 is 2.42 bits per heavy atom. The molecule has 10 nitrogen and oxygen atoms in total. The minimum atomic E-state index is 0.00762. The molecule has 2 aliphatic carbocycles.